The van der Waals surface area contributed by atoms with E-state index in [-0.39, 0.29) is 17.8 Å². The first kappa shape index (κ1) is 23.2. The normalized spacial score (nSPS) is 24.9. The van der Waals surface area contributed by atoms with E-state index in [9.17, 15) is 9.18 Å². The van der Waals surface area contributed by atoms with Gasteiger partial charge in [-0.1, -0.05) is 30.0 Å². The minimum atomic E-state index is -1.98. The summed E-state index contributed by atoms with van der Waals surface area (Å²) in [4.78, 5) is 18.9. The molecule has 1 amide bonds. The molecule has 2 atom stereocenters. The van der Waals surface area contributed by atoms with Crippen molar-refractivity contribution >= 4 is 27.0 Å². The van der Waals surface area contributed by atoms with Crippen molar-refractivity contribution in [2.45, 2.75) is 38.6 Å². The van der Waals surface area contributed by atoms with Gasteiger partial charge in [0.05, 0.1) is 4.91 Å². The number of likely N-dealkylation sites (N-methyl/N-ethyl adjacent to an activating group) is 1. The molecule has 176 valence electrons. The fraction of sp³-hybridized carbons (Fsp3) is 0.522. The standard InChI is InChI=1S/C23H33F2N5OS/c1-4-5-6-19(13-17-15-26-21-8-7-18(24)14-20(17)21)27-23(31)22-16-32(22,3)30(25)29-11-9-28(2)10-12-29/h7-8,14-16,19,26H,4-6,9-13H2,1-3H3,(H,27,31)/t19-/m0/s1. The van der Waals surface area contributed by atoms with Gasteiger partial charge in [0.1, 0.15) is 5.82 Å². The number of hydrogen-bond donors (Lipinski definition) is 2. The number of rotatable bonds is 9. The number of halogens is 2. The molecule has 2 N–H and O–H groups in total. The van der Waals surface area contributed by atoms with Crippen LogP contribution in [0.4, 0.5) is 8.87 Å². The number of piperazine rings is 1. The molecule has 1 aromatic carbocycles. The minimum Gasteiger partial charge on any atom is -0.361 e. The van der Waals surface area contributed by atoms with E-state index in [4.69, 9.17) is 0 Å². The van der Waals surface area contributed by atoms with Gasteiger partial charge in [-0.2, -0.15) is 0 Å². The van der Waals surface area contributed by atoms with Gasteiger partial charge >= 0.3 is 0 Å². The van der Waals surface area contributed by atoms with Crippen molar-refractivity contribution in [1.82, 2.24) is 24.8 Å². The van der Waals surface area contributed by atoms with Gasteiger partial charge in [-0.25, -0.2) is 9.40 Å². The molecule has 0 saturated carbocycles. The summed E-state index contributed by atoms with van der Waals surface area (Å²) in [6.07, 6.45) is 7.12. The van der Waals surface area contributed by atoms with Crippen molar-refractivity contribution < 1.29 is 13.7 Å². The van der Waals surface area contributed by atoms with E-state index >= 15 is 4.48 Å². The Morgan fingerprint density at radius 3 is 2.78 bits per heavy atom. The number of aromatic amines is 1. The quantitative estimate of drug-likeness (QED) is 0.548. The molecule has 2 aliphatic rings. The Kier molecular flexibility index (Phi) is 6.90. The average molecular weight is 466 g/mol. The minimum absolute atomic E-state index is 0.0911. The van der Waals surface area contributed by atoms with Crippen molar-refractivity contribution in [3.63, 3.8) is 0 Å². The Morgan fingerprint density at radius 1 is 1.31 bits per heavy atom. The van der Waals surface area contributed by atoms with E-state index in [0.717, 1.165) is 53.5 Å². The van der Waals surface area contributed by atoms with E-state index in [1.807, 2.05) is 19.5 Å². The smallest absolute Gasteiger partial charge is 0.258 e. The maximum atomic E-state index is 15.2. The Bertz CT molecular complexity index is 1000. The molecule has 0 radical (unpaired) electrons. The molecule has 2 aliphatic heterocycles. The van der Waals surface area contributed by atoms with Gasteiger partial charge in [0.15, 0.2) is 0 Å². The molecule has 6 nitrogen and oxygen atoms in total. The number of fused-ring (bicyclic) bond motifs is 1. The number of unbranched alkanes of at least 4 members (excludes halogenated alkanes) is 1. The van der Waals surface area contributed by atoms with E-state index in [2.05, 4.69) is 22.1 Å². The van der Waals surface area contributed by atoms with Crippen LogP contribution in [0.2, 0.25) is 0 Å². The maximum Gasteiger partial charge on any atom is 0.258 e. The Hall–Kier alpha value is -1.94. The van der Waals surface area contributed by atoms with Gasteiger partial charge in [-0.3, -0.25) is 4.79 Å². The number of nitrogens with zero attached hydrogens (tertiary/aromatic N) is 3. The van der Waals surface area contributed by atoms with Gasteiger partial charge in [0.2, 0.25) is 0 Å². The molecule has 1 fully saturated rings. The Morgan fingerprint density at radius 2 is 2.06 bits per heavy atom. The number of carbonyl (C=O) groups excluding carboxylic acids is 1. The highest BCUT2D eigenvalue weighted by molar-refractivity contribution is 8.42. The maximum absolute atomic E-state index is 15.2. The van der Waals surface area contributed by atoms with Gasteiger partial charge in [-0.15, -0.1) is 4.48 Å². The fourth-order valence-electron chi connectivity index (χ4n) is 4.26. The summed E-state index contributed by atoms with van der Waals surface area (Å²) in [5.74, 6) is -0.464. The predicted molar refractivity (Wildman–Crippen MR) is 127 cm³/mol. The summed E-state index contributed by atoms with van der Waals surface area (Å²) in [5, 5.41) is 7.46. The highest BCUT2D eigenvalue weighted by atomic mass is 32.3. The zero-order valence-electron chi connectivity index (χ0n) is 19.0. The van der Waals surface area contributed by atoms with Crippen LogP contribution in [0, 0.1) is 5.82 Å². The molecule has 1 aromatic heterocycles. The molecule has 32 heavy (non-hydrogen) atoms. The van der Waals surface area contributed by atoms with Crippen molar-refractivity contribution in [2.75, 3.05) is 39.5 Å². The molecule has 0 spiro atoms. The number of aromatic nitrogens is 1. The molecule has 9 heteroatoms. The molecule has 0 aliphatic carbocycles. The predicted octanol–water partition coefficient (Wildman–Crippen LogP) is 4.08. The van der Waals surface area contributed by atoms with Crippen LogP contribution in [0.5, 0.6) is 0 Å². The zero-order valence-corrected chi connectivity index (χ0v) is 19.9. The summed E-state index contributed by atoms with van der Waals surface area (Å²) in [6.45, 7) is 4.97. The van der Waals surface area contributed by atoms with E-state index in [0.29, 0.717) is 24.4 Å². The largest absolute Gasteiger partial charge is 0.361 e. The van der Waals surface area contributed by atoms with Gasteiger partial charge in [0, 0.05) is 49.3 Å². The van der Waals surface area contributed by atoms with E-state index in [1.54, 1.807) is 16.5 Å². The number of carbonyl (C=O) groups is 1. The van der Waals surface area contributed by atoms with Gasteiger partial charge in [0.25, 0.3) is 5.91 Å². The molecule has 1 unspecified atom stereocenters. The van der Waals surface area contributed by atoms with Crippen LogP contribution in [0.1, 0.15) is 31.7 Å². The summed E-state index contributed by atoms with van der Waals surface area (Å²) in [5.41, 5.74) is 1.86. The highest BCUT2D eigenvalue weighted by Crippen LogP contribution is 2.70. The lowest BCUT2D eigenvalue weighted by atomic mass is 10.0. The van der Waals surface area contributed by atoms with Crippen LogP contribution >= 0.6 is 10.2 Å². The van der Waals surface area contributed by atoms with E-state index in [1.165, 1.54) is 12.1 Å². The lowest BCUT2D eigenvalue weighted by Crippen LogP contribution is -2.49. The number of hydrogen-bond acceptors (Lipinski definition) is 4. The first-order valence-corrected chi connectivity index (χ1v) is 13.3. The van der Waals surface area contributed by atoms with Crippen LogP contribution in [0.15, 0.2) is 34.7 Å². The van der Waals surface area contributed by atoms with Crippen LogP contribution in [-0.2, 0) is 11.2 Å². The monoisotopic (exact) mass is 465 g/mol. The van der Waals surface area contributed by atoms with Crippen LogP contribution in [0.3, 0.4) is 0 Å². The molecule has 3 heterocycles. The second-order valence-electron chi connectivity index (χ2n) is 8.92. The third-order valence-corrected chi connectivity index (χ3v) is 8.89. The second kappa shape index (κ2) is 9.51. The van der Waals surface area contributed by atoms with Crippen molar-refractivity contribution in [1.29, 1.82) is 0 Å². The third-order valence-electron chi connectivity index (χ3n) is 6.40. The van der Waals surface area contributed by atoms with Crippen LogP contribution in [-0.4, -0.2) is 71.0 Å². The summed E-state index contributed by atoms with van der Waals surface area (Å²) in [6, 6.07) is 4.60. The number of benzene rings is 1. The van der Waals surface area contributed by atoms with Crippen molar-refractivity contribution in [3.05, 3.63) is 46.1 Å². The Labute approximate surface area is 190 Å². The molecule has 1 saturated heterocycles. The third kappa shape index (κ3) is 4.85. The topological polar surface area (TPSA) is 54.6 Å². The van der Waals surface area contributed by atoms with E-state index < -0.39 is 10.2 Å². The summed E-state index contributed by atoms with van der Waals surface area (Å²) in [7, 11) is 0.0486. The number of amides is 1. The lowest BCUT2D eigenvalue weighted by molar-refractivity contribution is -0.117. The number of nitrogens with one attached hydrogen (secondary N) is 2. The molecule has 2 aromatic rings. The van der Waals surface area contributed by atoms with Gasteiger partial charge < -0.3 is 15.2 Å². The Balaban J connectivity index is 1.41. The molecule has 0 bridgehead atoms. The molecular weight excluding hydrogens is 432 g/mol. The summed E-state index contributed by atoms with van der Waals surface area (Å²) < 4.78 is 29.7. The second-order valence-corrected chi connectivity index (χ2v) is 11.8. The number of H-pyrrole nitrogens is 1. The fourth-order valence-corrected chi connectivity index (χ4v) is 6.48. The first-order chi connectivity index (χ1) is 15.3. The highest BCUT2D eigenvalue weighted by Gasteiger charge is 2.48. The zero-order chi connectivity index (χ0) is 22.9. The molecular formula is C23H33F2N5OS. The SMILES string of the molecule is CCCC[C@@H](Cc1c[nH]c2ccc(F)cc12)NC(=O)C1=CS1(C)N(F)N1CCN(C)CC1. The average Bonchev–Trinajstić information content (AvgIpc) is 3.34. The van der Waals surface area contributed by atoms with Crippen molar-refractivity contribution in [3.8, 4) is 0 Å². The van der Waals surface area contributed by atoms with Crippen LogP contribution in [0.25, 0.3) is 10.9 Å². The lowest BCUT2D eigenvalue weighted by Gasteiger charge is -2.39. The molecule has 4 rings (SSSR count). The summed E-state index contributed by atoms with van der Waals surface area (Å²) >= 11 is 0. The van der Waals surface area contributed by atoms with Crippen LogP contribution < -0.4 is 5.32 Å². The number of hydrazine groups is 1. The van der Waals surface area contributed by atoms with Gasteiger partial charge in [-0.05, 0) is 60.0 Å². The first-order valence-electron chi connectivity index (χ1n) is 11.3. The van der Waals surface area contributed by atoms with Crippen molar-refractivity contribution in [2.24, 2.45) is 0 Å².